The van der Waals surface area contributed by atoms with Crippen molar-refractivity contribution in [1.29, 1.82) is 0 Å². The standard InChI is InChI=1S/C13H10ClN3O4S/c1-7(12(18)20-6-8-11(14)22-16-15-8)17-9-4-2-3-5-10(9)21-13(17)19/h2-5,7H,6H2,1H3. The average molecular weight is 340 g/mol. The number of halogens is 1. The van der Waals surface area contributed by atoms with Crippen molar-refractivity contribution in [2.24, 2.45) is 0 Å². The van der Waals surface area contributed by atoms with Crippen molar-refractivity contribution in [2.75, 3.05) is 0 Å². The highest BCUT2D eigenvalue weighted by Gasteiger charge is 2.23. The van der Waals surface area contributed by atoms with E-state index in [2.05, 4.69) is 9.59 Å². The van der Waals surface area contributed by atoms with Gasteiger partial charge in [-0.2, -0.15) is 0 Å². The third-order valence-corrected chi connectivity index (χ3v) is 4.09. The molecule has 1 atom stereocenters. The topological polar surface area (TPSA) is 87.2 Å². The number of esters is 1. The first-order chi connectivity index (χ1) is 10.6. The first-order valence-electron chi connectivity index (χ1n) is 6.31. The molecule has 0 radical (unpaired) electrons. The van der Waals surface area contributed by atoms with Crippen LogP contribution in [0.3, 0.4) is 0 Å². The quantitative estimate of drug-likeness (QED) is 0.678. The zero-order chi connectivity index (χ0) is 15.7. The predicted octanol–water partition coefficient (Wildman–Crippen LogP) is 2.40. The number of carbonyl (C=O) groups is 1. The summed E-state index contributed by atoms with van der Waals surface area (Å²) in [5.41, 5.74) is 1.33. The Morgan fingerprint density at radius 2 is 2.27 bits per heavy atom. The van der Waals surface area contributed by atoms with E-state index in [1.807, 2.05) is 0 Å². The highest BCUT2D eigenvalue weighted by molar-refractivity contribution is 7.10. The van der Waals surface area contributed by atoms with Crippen LogP contribution in [0.1, 0.15) is 18.7 Å². The Hall–Kier alpha value is -2.19. The van der Waals surface area contributed by atoms with E-state index in [0.29, 0.717) is 21.1 Å². The third-order valence-electron chi connectivity index (χ3n) is 3.11. The third kappa shape index (κ3) is 2.62. The summed E-state index contributed by atoms with van der Waals surface area (Å²) in [5.74, 6) is -1.20. The van der Waals surface area contributed by atoms with Gasteiger partial charge in [0.05, 0.1) is 5.52 Å². The van der Waals surface area contributed by atoms with Crippen LogP contribution >= 0.6 is 23.1 Å². The van der Waals surface area contributed by atoms with Gasteiger partial charge in [0.2, 0.25) is 0 Å². The van der Waals surface area contributed by atoms with E-state index in [1.54, 1.807) is 31.2 Å². The zero-order valence-corrected chi connectivity index (χ0v) is 12.9. The van der Waals surface area contributed by atoms with Gasteiger partial charge in [0.25, 0.3) is 0 Å². The van der Waals surface area contributed by atoms with Crippen molar-refractivity contribution >= 4 is 40.2 Å². The molecule has 0 fully saturated rings. The minimum atomic E-state index is -0.832. The molecule has 3 rings (SSSR count). The maximum atomic E-state index is 12.1. The largest absolute Gasteiger partial charge is 0.457 e. The highest BCUT2D eigenvalue weighted by atomic mass is 35.5. The Balaban J connectivity index is 1.82. The van der Waals surface area contributed by atoms with E-state index in [1.165, 1.54) is 4.57 Å². The fraction of sp³-hybridized carbons (Fsp3) is 0.231. The number of hydrogen-bond donors (Lipinski definition) is 0. The number of para-hydroxylation sites is 2. The Kier molecular flexibility index (Phi) is 3.95. The van der Waals surface area contributed by atoms with E-state index in [-0.39, 0.29) is 6.61 Å². The first kappa shape index (κ1) is 14.7. The fourth-order valence-corrected chi connectivity index (χ4v) is 2.60. The van der Waals surface area contributed by atoms with Crippen LogP contribution in [0.2, 0.25) is 4.34 Å². The van der Waals surface area contributed by atoms with Crippen molar-refractivity contribution in [3.63, 3.8) is 0 Å². The molecular weight excluding hydrogens is 330 g/mol. The molecule has 0 aliphatic rings. The number of oxazole rings is 1. The van der Waals surface area contributed by atoms with Crippen LogP contribution in [0.15, 0.2) is 33.5 Å². The number of rotatable bonds is 4. The van der Waals surface area contributed by atoms with Crippen LogP contribution in [0, 0.1) is 0 Å². The molecule has 114 valence electrons. The van der Waals surface area contributed by atoms with Crippen LogP contribution in [-0.4, -0.2) is 20.1 Å². The summed E-state index contributed by atoms with van der Waals surface area (Å²) in [6.45, 7) is 1.47. The molecule has 0 N–H and O–H groups in total. The minimum absolute atomic E-state index is 0.0942. The number of aromatic nitrogens is 3. The summed E-state index contributed by atoms with van der Waals surface area (Å²) < 4.78 is 15.5. The Morgan fingerprint density at radius 1 is 1.50 bits per heavy atom. The maximum Gasteiger partial charge on any atom is 0.420 e. The molecule has 0 amide bonds. The van der Waals surface area contributed by atoms with Gasteiger partial charge in [-0.1, -0.05) is 28.2 Å². The van der Waals surface area contributed by atoms with Gasteiger partial charge in [-0.15, -0.1) is 5.10 Å². The Morgan fingerprint density at radius 3 is 3.00 bits per heavy atom. The number of hydrogen-bond acceptors (Lipinski definition) is 7. The van der Waals surface area contributed by atoms with Crippen molar-refractivity contribution in [2.45, 2.75) is 19.6 Å². The van der Waals surface area contributed by atoms with Gasteiger partial charge in [-0.05, 0) is 19.1 Å². The summed E-state index contributed by atoms with van der Waals surface area (Å²) in [6.07, 6.45) is 0. The number of benzene rings is 1. The lowest BCUT2D eigenvalue weighted by molar-refractivity contribution is -0.148. The van der Waals surface area contributed by atoms with Crippen molar-refractivity contribution in [1.82, 2.24) is 14.2 Å². The van der Waals surface area contributed by atoms with Crippen LogP contribution in [-0.2, 0) is 16.1 Å². The van der Waals surface area contributed by atoms with Crippen LogP contribution in [0.4, 0.5) is 0 Å². The summed E-state index contributed by atoms with van der Waals surface area (Å²) in [5, 5.41) is 3.75. The van der Waals surface area contributed by atoms with E-state index in [4.69, 9.17) is 20.8 Å². The zero-order valence-electron chi connectivity index (χ0n) is 11.4. The van der Waals surface area contributed by atoms with Gasteiger partial charge in [-0.3, -0.25) is 4.57 Å². The molecular formula is C13H10ClN3O4S. The van der Waals surface area contributed by atoms with Crippen molar-refractivity contribution in [3.05, 3.63) is 44.8 Å². The normalized spacial score (nSPS) is 12.5. The van der Waals surface area contributed by atoms with E-state index in [0.717, 1.165) is 11.5 Å². The lowest BCUT2D eigenvalue weighted by Crippen LogP contribution is -2.26. The molecule has 22 heavy (non-hydrogen) atoms. The molecule has 0 aliphatic carbocycles. The number of nitrogens with zero attached hydrogens (tertiary/aromatic N) is 3. The van der Waals surface area contributed by atoms with Gasteiger partial charge < -0.3 is 9.15 Å². The Labute approximate surface area is 133 Å². The second-order valence-corrected chi connectivity index (χ2v) is 5.84. The van der Waals surface area contributed by atoms with Crippen LogP contribution in [0.25, 0.3) is 11.1 Å². The van der Waals surface area contributed by atoms with Crippen LogP contribution < -0.4 is 5.76 Å². The van der Waals surface area contributed by atoms with E-state index < -0.39 is 17.8 Å². The molecule has 2 heterocycles. The number of carbonyl (C=O) groups excluding carboxylic acids is 1. The van der Waals surface area contributed by atoms with Gasteiger partial charge in [-0.25, -0.2) is 9.59 Å². The summed E-state index contributed by atoms with van der Waals surface area (Å²) in [7, 11) is 0. The van der Waals surface area contributed by atoms with E-state index >= 15 is 0 Å². The predicted molar refractivity (Wildman–Crippen MR) is 79.9 cm³/mol. The Bertz CT molecular complexity index is 885. The van der Waals surface area contributed by atoms with Crippen molar-refractivity contribution in [3.8, 4) is 0 Å². The molecule has 1 aromatic carbocycles. The molecule has 0 bridgehead atoms. The molecule has 3 aromatic rings. The van der Waals surface area contributed by atoms with Crippen LogP contribution in [0.5, 0.6) is 0 Å². The molecule has 0 saturated heterocycles. The number of fused-ring (bicyclic) bond motifs is 1. The van der Waals surface area contributed by atoms with Gasteiger partial charge in [0.15, 0.2) is 5.58 Å². The molecule has 7 nitrogen and oxygen atoms in total. The second kappa shape index (κ2) is 5.90. The maximum absolute atomic E-state index is 12.1. The lowest BCUT2D eigenvalue weighted by Gasteiger charge is -2.11. The van der Waals surface area contributed by atoms with Crippen molar-refractivity contribution < 1.29 is 13.9 Å². The molecule has 1 unspecified atom stereocenters. The van der Waals surface area contributed by atoms with E-state index in [9.17, 15) is 9.59 Å². The molecule has 9 heteroatoms. The highest BCUT2D eigenvalue weighted by Crippen LogP contribution is 2.20. The van der Waals surface area contributed by atoms with Gasteiger partial charge in [0.1, 0.15) is 22.7 Å². The molecule has 0 saturated carbocycles. The smallest absolute Gasteiger partial charge is 0.420 e. The minimum Gasteiger partial charge on any atom is -0.457 e. The average Bonchev–Trinajstić information content (AvgIpc) is 3.06. The second-order valence-electron chi connectivity index (χ2n) is 4.48. The molecule has 2 aromatic heterocycles. The SMILES string of the molecule is CC(C(=O)OCc1nnsc1Cl)n1c(=O)oc2ccccc21. The summed E-state index contributed by atoms with van der Waals surface area (Å²) in [6, 6.07) is 6.03. The monoisotopic (exact) mass is 339 g/mol. The lowest BCUT2D eigenvalue weighted by atomic mass is 10.3. The number of ether oxygens (including phenoxy) is 1. The molecule has 0 spiro atoms. The summed E-state index contributed by atoms with van der Waals surface area (Å²) >= 11 is 6.85. The molecule has 0 aliphatic heterocycles. The van der Waals surface area contributed by atoms with Gasteiger partial charge in [0, 0.05) is 11.5 Å². The van der Waals surface area contributed by atoms with Gasteiger partial charge >= 0.3 is 11.7 Å². The first-order valence-corrected chi connectivity index (χ1v) is 7.46. The summed E-state index contributed by atoms with van der Waals surface area (Å²) in [4.78, 5) is 24.1. The fourth-order valence-electron chi connectivity index (χ4n) is 2.00.